The molecular formula is C14H19N3OS. The van der Waals surface area contributed by atoms with Gasteiger partial charge in [0.2, 0.25) is 5.91 Å². The van der Waals surface area contributed by atoms with E-state index >= 15 is 0 Å². The maximum absolute atomic E-state index is 11.5. The highest BCUT2D eigenvalue weighted by atomic mass is 32.1. The SMILES string of the molecule is CCC(=O)NCC(c1cccs1)n1nc(C)cc1C. The van der Waals surface area contributed by atoms with E-state index in [0.717, 1.165) is 11.4 Å². The van der Waals surface area contributed by atoms with Gasteiger partial charge in [-0.2, -0.15) is 5.10 Å². The zero-order chi connectivity index (χ0) is 13.8. The molecule has 0 radical (unpaired) electrons. The van der Waals surface area contributed by atoms with Crippen LogP contribution in [-0.2, 0) is 4.79 Å². The quantitative estimate of drug-likeness (QED) is 0.913. The van der Waals surface area contributed by atoms with E-state index < -0.39 is 0 Å². The lowest BCUT2D eigenvalue weighted by molar-refractivity contribution is -0.120. The second kappa shape index (κ2) is 6.02. The predicted octanol–water partition coefficient (Wildman–Crippen LogP) is 2.68. The molecule has 0 fully saturated rings. The fourth-order valence-electron chi connectivity index (χ4n) is 2.09. The van der Waals surface area contributed by atoms with Gasteiger partial charge in [-0.05, 0) is 31.4 Å². The van der Waals surface area contributed by atoms with Crippen LogP contribution < -0.4 is 5.32 Å². The van der Waals surface area contributed by atoms with E-state index in [0.29, 0.717) is 13.0 Å². The van der Waals surface area contributed by atoms with Crippen molar-refractivity contribution in [3.05, 3.63) is 39.8 Å². The molecule has 2 heterocycles. The summed E-state index contributed by atoms with van der Waals surface area (Å²) in [7, 11) is 0. The lowest BCUT2D eigenvalue weighted by Crippen LogP contribution is -2.31. The molecule has 2 rings (SSSR count). The smallest absolute Gasteiger partial charge is 0.219 e. The Morgan fingerprint density at radius 1 is 1.53 bits per heavy atom. The third kappa shape index (κ3) is 3.23. The predicted molar refractivity (Wildman–Crippen MR) is 77.5 cm³/mol. The third-order valence-electron chi connectivity index (χ3n) is 3.03. The van der Waals surface area contributed by atoms with Crippen LogP contribution in [0.15, 0.2) is 23.6 Å². The van der Waals surface area contributed by atoms with E-state index in [4.69, 9.17) is 0 Å². The Labute approximate surface area is 117 Å². The van der Waals surface area contributed by atoms with Crippen LogP contribution in [-0.4, -0.2) is 22.2 Å². The van der Waals surface area contributed by atoms with Gasteiger partial charge >= 0.3 is 0 Å². The minimum Gasteiger partial charge on any atom is -0.354 e. The molecule has 0 aliphatic heterocycles. The Hall–Kier alpha value is -1.62. The van der Waals surface area contributed by atoms with Gasteiger partial charge in [0.15, 0.2) is 0 Å². The van der Waals surface area contributed by atoms with E-state index in [-0.39, 0.29) is 11.9 Å². The summed E-state index contributed by atoms with van der Waals surface area (Å²) in [4.78, 5) is 12.7. The van der Waals surface area contributed by atoms with Crippen molar-refractivity contribution in [2.75, 3.05) is 6.54 Å². The number of hydrogen-bond donors (Lipinski definition) is 1. The summed E-state index contributed by atoms with van der Waals surface area (Å²) in [5.74, 6) is 0.0723. The monoisotopic (exact) mass is 277 g/mol. The molecule has 1 N–H and O–H groups in total. The third-order valence-corrected chi connectivity index (χ3v) is 4.00. The molecule has 5 heteroatoms. The highest BCUT2D eigenvalue weighted by Gasteiger charge is 2.18. The maximum atomic E-state index is 11.5. The molecular weight excluding hydrogens is 258 g/mol. The number of thiophene rings is 1. The minimum absolute atomic E-state index is 0.0723. The number of amides is 1. The van der Waals surface area contributed by atoms with Gasteiger partial charge in [-0.3, -0.25) is 9.48 Å². The molecule has 4 nitrogen and oxygen atoms in total. The molecule has 19 heavy (non-hydrogen) atoms. The number of rotatable bonds is 5. The molecule has 0 saturated carbocycles. The average Bonchev–Trinajstić information content (AvgIpc) is 3.00. The molecule has 1 atom stereocenters. The lowest BCUT2D eigenvalue weighted by Gasteiger charge is -2.18. The van der Waals surface area contributed by atoms with Crippen LogP contribution in [0.4, 0.5) is 0 Å². The van der Waals surface area contributed by atoms with Crippen molar-refractivity contribution in [3.8, 4) is 0 Å². The first-order valence-electron chi connectivity index (χ1n) is 6.44. The number of aromatic nitrogens is 2. The molecule has 102 valence electrons. The average molecular weight is 277 g/mol. The molecule has 1 amide bonds. The normalized spacial score (nSPS) is 12.4. The molecule has 0 bridgehead atoms. The molecule has 0 spiro atoms. The maximum Gasteiger partial charge on any atom is 0.219 e. The summed E-state index contributed by atoms with van der Waals surface area (Å²) in [6.07, 6.45) is 0.508. The van der Waals surface area contributed by atoms with Crippen molar-refractivity contribution in [2.24, 2.45) is 0 Å². The minimum atomic E-state index is 0.0723. The van der Waals surface area contributed by atoms with Gasteiger partial charge < -0.3 is 5.32 Å². The van der Waals surface area contributed by atoms with Crippen molar-refractivity contribution < 1.29 is 4.79 Å². The van der Waals surface area contributed by atoms with Gasteiger partial charge in [0, 0.05) is 23.5 Å². The Morgan fingerprint density at radius 2 is 2.32 bits per heavy atom. The number of carbonyl (C=O) groups excluding carboxylic acids is 1. The summed E-state index contributed by atoms with van der Waals surface area (Å²) in [6, 6.07) is 6.25. The van der Waals surface area contributed by atoms with Gasteiger partial charge in [0.1, 0.15) is 6.04 Å². The van der Waals surface area contributed by atoms with Crippen LogP contribution in [0.1, 0.15) is 35.7 Å². The summed E-state index contributed by atoms with van der Waals surface area (Å²) >= 11 is 1.69. The first kappa shape index (κ1) is 13.8. The first-order chi connectivity index (χ1) is 9.11. The summed E-state index contributed by atoms with van der Waals surface area (Å²) in [6.45, 7) is 6.47. The molecule has 0 saturated heterocycles. The van der Waals surface area contributed by atoms with Crippen LogP contribution in [0.25, 0.3) is 0 Å². The molecule has 1 unspecified atom stereocenters. The largest absolute Gasteiger partial charge is 0.354 e. The number of nitrogens with zero attached hydrogens (tertiary/aromatic N) is 2. The van der Waals surface area contributed by atoms with Crippen LogP contribution in [0.3, 0.4) is 0 Å². The molecule has 2 aromatic rings. The standard InChI is InChI=1S/C14H19N3OS/c1-4-14(18)15-9-12(13-6-5-7-19-13)17-11(3)8-10(2)16-17/h5-8,12H,4,9H2,1-3H3,(H,15,18). The van der Waals surface area contributed by atoms with Crippen LogP contribution in [0, 0.1) is 13.8 Å². The van der Waals surface area contributed by atoms with Crippen molar-refractivity contribution >= 4 is 17.2 Å². The van der Waals surface area contributed by atoms with Gasteiger partial charge in [-0.15, -0.1) is 11.3 Å². The van der Waals surface area contributed by atoms with Crippen molar-refractivity contribution in [3.63, 3.8) is 0 Å². The topological polar surface area (TPSA) is 46.9 Å². The molecule has 0 aliphatic rings. The van der Waals surface area contributed by atoms with Crippen LogP contribution >= 0.6 is 11.3 Å². The second-order valence-corrected chi connectivity index (χ2v) is 5.54. The van der Waals surface area contributed by atoms with Crippen molar-refractivity contribution in [2.45, 2.75) is 33.2 Å². The zero-order valence-corrected chi connectivity index (χ0v) is 12.3. The van der Waals surface area contributed by atoms with E-state index in [1.807, 2.05) is 31.5 Å². The van der Waals surface area contributed by atoms with Crippen molar-refractivity contribution in [1.29, 1.82) is 0 Å². The summed E-state index contributed by atoms with van der Waals surface area (Å²) in [5.41, 5.74) is 2.11. The lowest BCUT2D eigenvalue weighted by atomic mass is 10.2. The highest BCUT2D eigenvalue weighted by molar-refractivity contribution is 7.10. The van der Waals surface area contributed by atoms with Crippen molar-refractivity contribution in [1.82, 2.24) is 15.1 Å². The number of hydrogen-bond acceptors (Lipinski definition) is 3. The molecule has 0 aromatic carbocycles. The Morgan fingerprint density at radius 3 is 2.84 bits per heavy atom. The number of nitrogens with one attached hydrogen (secondary N) is 1. The molecule has 2 aromatic heterocycles. The summed E-state index contributed by atoms with van der Waals surface area (Å²) in [5, 5.41) is 9.56. The van der Waals surface area contributed by atoms with Crippen LogP contribution in [0.2, 0.25) is 0 Å². The van der Waals surface area contributed by atoms with E-state index in [1.54, 1.807) is 11.3 Å². The van der Waals surface area contributed by atoms with Crippen LogP contribution in [0.5, 0.6) is 0 Å². The second-order valence-electron chi connectivity index (χ2n) is 4.56. The van der Waals surface area contributed by atoms with E-state index in [9.17, 15) is 4.79 Å². The number of carbonyl (C=O) groups is 1. The summed E-state index contributed by atoms with van der Waals surface area (Å²) < 4.78 is 2.00. The fourth-order valence-corrected chi connectivity index (χ4v) is 2.90. The number of aryl methyl sites for hydroxylation is 2. The Bertz CT molecular complexity index is 545. The Balaban J connectivity index is 2.24. The highest BCUT2D eigenvalue weighted by Crippen LogP contribution is 2.24. The van der Waals surface area contributed by atoms with Gasteiger partial charge in [0.05, 0.1) is 5.69 Å². The Kier molecular flexibility index (Phi) is 4.37. The first-order valence-corrected chi connectivity index (χ1v) is 7.32. The van der Waals surface area contributed by atoms with Gasteiger partial charge in [-0.25, -0.2) is 0 Å². The van der Waals surface area contributed by atoms with Gasteiger partial charge in [-0.1, -0.05) is 13.0 Å². The fraction of sp³-hybridized carbons (Fsp3) is 0.429. The molecule has 0 aliphatic carbocycles. The van der Waals surface area contributed by atoms with E-state index in [1.165, 1.54) is 4.88 Å². The zero-order valence-electron chi connectivity index (χ0n) is 11.5. The van der Waals surface area contributed by atoms with E-state index in [2.05, 4.69) is 27.9 Å². The van der Waals surface area contributed by atoms with Gasteiger partial charge in [0.25, 0.3) is 0 Å².